The zero-order valence-electron chi connectivity index (χ0n) is 8.83. The van der Waals surface area contributed by atoms with Crippen LogP contribution in [0.2, 0.25) is 0 Å². The molecular formula is C10H18N4O. The van der Waals surface area contributed by atoms with Crippen molar-refractivity contribution >= 4 is 5.91 Å². The van der Waals surface area contributed by atoms with Crippen LogP contribution in [0.5, 0.6) is 0 Å². The SMILES string of the molecule is N#C[C@@H]1CCCN1.NC(=O)[C@@H]1CCCN1. The van der Waals surface area contributed by atoms with Gasteiger partial charge < -0.3 is 16.4 Å². The molecule has 0 unspecified atom stereocenters. The highest BCUT2D eigenvalue weighted by Crippen LogP contribution is 2.02. The van der Waals surface area contributed by atoms with Crippen molar-refractivity contribution in [1.29, 1.82) is 5.26 Å². The van der Waals surface area contributed by atoms with E-state index in [0.29, 0.717) is 0 Å². The van der Waals surface area contributed by atoms with E-state index in [2.05, 4.69) is 16.7 Å². The molecule has 2 rings (SSSR count). The van der Waals surface area contributed by atoms with Crippen molar-refractivity contribution < 1.29 is 4.79 Å². The van der Waals surface area contributed by atoms with Crippen molar-refractivity contribution in [1.82, 2.24) is 10.6 Å². The van der Waals surface area contributed by atoms with Gasteiger partial charge in [-0.2, -0.15) is 5.26 Å². The van der Waals surface area contributed by atoms with Crippen molar-refractivity contribution in [2.45, 2.75) is 37.8 Å². The molecule has 5 nitrogen and oxygen atoms in total. The van der Waals surface area contributed by atoms with E-state index in [4.69, 9.17) is 11.0 Å². The number of nitrogens with one attached hydrogen (secondary N) is 2. The van der Waals surface area contributed by atoms with Crippen LogP contribution in [0.1, 0.15) is 25.7 Å². The van der Waals surface area contributed by atoms with Crippen LogP contribution in [0.15, 0.2) is 0 Å². The molecule has 0 aliphatic carbocycles. The zero-order chi connectivity index (χ0) is 11.1. The molecular weight excluding hydrogens is 192 g/mol. The maximum Gasteiger partial charge on any atom is 0.234 e. The lowest BCUT2D eigenvalue weighted by molar-refractivity contribution is -0.119. The predicted octanol–water partition coefficient (Wildman–Crippen LogP) is -0.514. The Morgan fingerprint density at radius 1 is 1.27 bits per heavy atom. The molecule has 2 aliphatic heterocycles. The quantitative estimate of drug-likeness (QED) is 0.543. The van der Waals surface area contributed by atoms with Crippen molar-refractivity contribution in [3.63, 3.8) is 0 Å². The van der Waals surface area contributed by atoms with E-state index in [1.54, 1.807) is 0 Å². The Hall–Kier alpha value is -1.12. The third-order valence-electron chi connectivity index (χ3n) is 2.62. The largest absolute Gasteiger partial charge is 0.368 e. The third kappa shape index (κ3) is 4.28. The first-order valence-corrected chi connectivity index (χ1v) is 5.39. The van der Waals surface area contributed by atoms with Gasteiger partial charge in [0.05, 0.1) is 18.2 Å². The minimum Gasteiger partial charge on any atom is -0.368 e. The first-order valence-electron chi connectivity index (χ1n) is 5.39. The Kier molecular flexibility index (Phi) is 5.08. The van der Waals surface area contributed by atoms with Crippen LogP contribution in [-0.2, 0) is 4.79 Å². The Bertz CT molecular complexity index is 236. The summed E-state index contributed by atoms with van der Waals surface area (Å²) in [5.74, 6) is -0.220. The summed E-state index contributed by atoms with van der Waals surface area (Å²) in [7, 11) is 0. The number of carbonyl (C=O) groups excluding carboxylic acids is 1. The number of nitriles is 1. The number of hydrogen-bond donors (Lipinski definition) is 3. The summed E-state index contributed by atoms with van der Waals surface area (Å²) < 4.78 is 0. The van der Waals surface area contributed by atoms with Crippen molar-refractivity contribution in [2.24, 2.45) is 5.73 Å². The number of hydrogen-bond acceptors (Lipinski definition) is 4. The predicted molar refractivity (Wildman–Crippen MR) is 56.9 cm³/mol. The van der Waals surface area contributed by atoms with E-state index in [0.717, 1.165) is 38.8 Å². The van der Waals surface area contributed by atoms with Crippen molar-refractivity contribution in [3.8, 4) is 6.07 Å². The second-order valence-corrected chi connectivity index (χ2v) is 3.83. The van der Waals surface area contributed by atoms with Crippen LogP contribution in [0.25, 0.3) is 0 Å². The summed E-state index contributed by atoms with van der Waals surface area (Å²) in [5.41, 5.74) is 5.00. The molecule has 0 aromatic carbocycles. The second-order valence-electron chi connectivity index (χ2n) is 3.83. The van der Waals surface area contributed by atoms with Gasteiger partial charge in [-0.05, 0) is 38.8 Å². The fourth-order valence-electron chi connectivity index (χ4n) is 1.72. The van der Waals surface area contributed by atoms with Gasteiger partial charge in [0.2, 0.25) is 5.91 Å². The van der Waals surface area contributed by atoms with E-state index in [1.165, 1.54) is 0 Å². The van der Waals surface area contributed by atoms with Crippen LogP contribution in [0.3, 0.4) is 0 Å². The van der Waals surface area contributed by atoms with E-state index in [-0.39, 0.29) is 18.0 Å². The first-order chi connectivity index (χ1) is 7.24. The number of primary amides is 1. The molecule has 0 saturated carbocycles. The lowest BCUT2D eigenvalue weighted by Crippen LogP contribution is -2.36. The van der Waals surface area contributed by atoms with Gasteiger partial charge in [0.25, 0.3) is 0 Å². The Labute approximate surface area is 90.0 Å². The Morgan fingerprint density at radius 3 is 2.20 bits per heavy atom. The van der Waals surface area contributed by atoms with E-state index >= 15 is 0 Å². The van der Waals surface area contributed by atoms with E-state index < -0.39 is 0 Å². The summed E-state index contributed by atoms with van der Waals surface area (Å²) in [6, 6.07) is 2.26. The average Bonchev–Trinajstić information content (AvgIpc) is 2.92. The average molecular weight is 210 g/mol. The van der Waals surface area contributed by atoms with Crippen LogP contribution in [-0.4, -0.2) is 31.1 Å². The molecule has 2 atom stereocenters. The standard InChI is InChI=1S/C5H10N2O.C5H8N2/c6-5(8)4-2-1-3-7-4;6-4-5-2-1-3-7-5/h4,7H,1-3H2,(H2,6,8);5,7H,1-3H2/t4-;5-/m00/s1. The third-order valence-corrected chi connectivity index (χ3v) is 2.62. The molecule has 2 saturated heterocycles. The molecule has 0 aromatic rings. The molecule has 4 N–H and O–H groups in total. The molecule has 1 amide bonds. The molecule has 15 heavy (non-hydrogen) atoms. The number of rotatable bonds is 1. The van der Waals surface area contributed by atoms with Gasteiger partial charge in [0, 0.05) is 0 Å². The number of amides is 1. The number of carbonyl (C=O) groups is 1. The zero-order valence-corrected chi connectivity index (χ0v) is 8.83. The highest BCUT2D eigenvalue weighted by Gasteiger charge is 2.18. The van der Waals surface area contributed by atoms with Crippen LogP contribution < -0.4 is 16.4 Å². The fourth-order valence-corrected chi connectivity index (χ4v) is 1.72. The van der Waals surface area contributed by atoms with Gasteiger partial charge in [-0.3, -0.25) is 4.79 Å². The summed E-state index contributed by atoms with van der Waals surface area (Å²) in [4.78, 5) is 10.4. The molecule has 2 fully saturated rings. The monoisotopic (exact) mass is 210 g/mol. The van der Waals surface area contributed by atoms with Crippen molar-refractivity contribution in [2.75, 3.05) is 13.1 Å². The minimum absolute atomic E-state index is 0.0463. The summed E-state index contributed by atoms with van der Waals surface area (Å²) in [5, 5.41) is 14.3. The number of nitrogens with two attached hydrogens (primary N) is 1. The maximum absolute atomic E-state index is 10.4. The first kappa shape index (κ1) is 12.0. The second kappa shape index (κ2) is 6.38. The molecule has 2 heterocycles. The fraction of sp³-hybridized carbons (Fsp3) is 0.800. The van der Waals surface area contributed by atoms with Gasteiger partial charge >= 0.3 is 0 Å². The van der Waals surface area contributed by atoms with Crippen molar-refractivity contribution in [3.05, 3.63) is 0 Å². The topological polar surface area (TPSA) is 90.9 Å². The molecule has 5 heteroatoms. The van der Waals surface area contributed by atoms with Crippen LogP contribution in [0.4, 0.5) is 0 Å². The van der Waals surface area contributed by atoms with Crippen LogP contribution >= 0.6 is 0 Å². The smallest absolute Gasteiger partial charge is 0.234 e. The number of nitrogens with zero attached hydrogens (tertiary/aromatic N) is 1. The molecule has 84 valence electrons. The maximum atomic E-state index is 10.4. The normalized spacial score (nSPS) is 29.0. The van der Waals surface area contributed by atoms with E-state index in [1.807, 2.05) is 0 Å². The van der Waals surface area contributed by atoms with E-state index in [9.17, 15) is 4.79 Å². The summed E-state index contributed by atoms with van der Waals surface area (Å²) >= 11 is 0. The molecule has 0 bridgehead atoms. The summed E-state index contributed by atoms with van der Waals surface area (Å²) in [6.45, 7) is 1.96. The van der Waals surface area contributed by atoms with Gasteiger partial charge in [-0.25, -0.2) is 0 Å². The lowest BCUT2D eigenvalue weighted by atomic mass is 10.2. The molecule has 0 radical (unpaired) electrons. The Morgan fingerprint density at radius 2 is 1.93 bits per heavy atom. The molecule has 2 aliphatic rings. The van der Waals surface area contributed by atoms with Gasteiger partial charge in [-0.15, -0.1) is 0 Å². The van der Waals surface area contributed by atoms with Gasteiger partial charge in [0.1, 0.15) is 0 Å². The van der Waals surface area contributed by atoms with Gasteiger partial charge in [-0.1, -0.05) is 0 Å². The van der Waals surface area contributed by atoms with Gasteiger partial charge in [0.15, 0.2) is 0 Å². The molecule has 0 spiro atoms. The molecule has 0 aromatic heterocycles. The lowest BCUT2D eigenvalue weighted by Gasteiger charge is -2.01. The highest BCUT2D eigenvalue weighted by molar-refractivity contribution is 5.80. The Balaban J connectivity index is 0.000000151. The van der Waals surface area contributed by atoms with Crippen LogP contribution in [0, 0.1) is 11.3 Å². The highest BCUT2D eigenvalue weighted by atomic mass is 16.1. The summed E-state index contributed by atoms with van der Waals surface area (Å²) in [6.07, 6.45) is 4.19. The minimum atomic E-state index is -0.220.